The monoisotopic (exact) mass is 665 g/mol. The van der Waals surface area contributed by atoms with Gasteiger partial charge in [0.15, 0.2) is 17.5 Å². The standard InChI is InChI=1S/C48H31N3O/c1-48(2)38-20-10-8-16-32(38)34-26-25-28-23-24-30-27-37(31-15-6-7-17-33(31)41(30)42(28)44(34)48)47-50-45(29-13-4-3-5-14-29)49-46(51-47)36-19-12-22-40-43(36)35-18-9-11-21-39(35)52-40/h3-27H,1-2H3. The van der Waals surface area contributed by atoms with Crippen LogP contribution in [0.3, 0.4) is 0 Å². The zero-order valence-corrected chi connectivity index (χ0v) is 28.7. The molecule has 0 saturated heterocycles. The third-order valence-electron chi connectivity index (χ3n) is 11.1. The van der Waals surface area contributed by atoms with Gasteiger partial charge in [-0.3, -0.25) is 0 Å². The first-order chi connectivity index (χ1) is 25.5. The molecule has 0 radical (unpaired) electrons. The van der Waals surface area contributed by atoms with Crippen molar-refractivity contribution in [1.82, 2.24) is 15.0 Å². The molecule has 2 heterocycles. The summed E-state index contributed by atoms with van der Waals surface area (Å²) in [4.78, 5) is 15.6. The highest BCUT2D eigenvalue weighted by molar-refractivity contribution is 6.25. The minimum atomic E-state index is -0.147. The number of fused-ring (bicyclic) bond motifs is 12. The van der Waals surface area contributed by atoms with Gasteiger partial charge in [0.05, 0.1) is 0 Å². The molecule has 52 heavy (non-hydrogen) atoms. The predicted octanol–water partition coefficient (Wildman–Crippen LogP) is 12.5. The van der Waals surface area contributed by atoms with Crippen molar-refractivity contribution in [2.75, 3.05) is 0 Å². The second-order valence-corrected chi connectivity index (χ2v) is 14.3. The molecule has 4 heteroatoms. The Balaban J connectivity index is 1.22. The number of benzene rings is 8. The van der Waals surface area contributed by atoms with Crippen LogP contribution in [0.25, 0.3) is 99.5 Å². The van der Waals surface area contributed by atoms with Crippen molar-refractivity contribution < 1.29 is 4.42 Å². The topological polar surface area (TPSA) is 51.8 Å². The van der Waals surface area contributed by atoms with Crippen molar-refractivity contribution in [3.05, 3.63) is 163 Å². The Kier molecular flexibility index (Phi) is 5.98. The van der Waals surface area contributed by atoms with E-state index in [1.807, 2.05) is 48.5 Å². The molecule has 1 aliphatic carbocycles. The lowest BCUT2D eigenvalue weighted by Gasteiger charge is -2.24. The van der Waals surface area contributed by atoms with Crippen LogP contribution in [0.1, 0.15) is 25.0 Å². The van der Waals surface area contributed by atoms with Gasteiger partial charge in [0.1, 0.15) is 11.2 Å². The number of furan rings is 1. The Bertz CT molecular complexity index is 3100. The maximum absolute atomic E-state index is 6.28. The fourth-order valence-electron chi connectivity index (χ4n) is 8.76. The minimum Gasteiger partial charge on any atom is -0.456 e. The van der Waals surface area contributed by atoms with E-state index in [-0.39, 0.29) is 5.41 Å². The van der Waals surface area contributed by atoms with Crippen LogP contribution in [-0.2, 0) is 5.41 Å². The Morgan fingerprint density at radius 1 is 0.423 bits per heavy atom. The molecule has 0 bridgehead atoms. The molecule has 0 fully saturated rings. The molecule has 8 aromatic carbocycles. The number of hydrogen-bond acceptors (Lipinski definition) is 4. The first kappa shape index (κ1) is 29.1. The maximum Gasteiger partial charge on any atom is 0.164 e. The first-order valence-corrected chi connectivity index (χ1v) is 17.8. The number of para-hydroxylation sites is 1. The van der Waals surface area contributed by atoms with E-state index in [0.717, 1.165) is 49.4 Å². The third-order valence-corrected chi connectivity index (χ3v) is 11.1. The van der Waals surface area contributed by atoms with Gasteiger partial charge in [0, 0.05) is 32.9 Å². The van der Waals surface area contributed by atoms with Gasteiger partial charge in [0.2, 0.25) is 0 Å². The van der Waals surface area contributed by atoms with Crippen LogP contribution in [0.2, 0.25) is 0 Å². The quantitative estimate of drug-likeness (QED) is 0.176. The van der Waals surface area contributed by atoms with Crippen molar-refractivity contribution in [3.63, 3.8) is 0 Å². The van der Waals surface area contributed by atoms with Crippen molar-refractivity contribution >= 4 is 54.3 Å². The van der Waals surface area contributed by atoms with Gasteiger partial charge in [-0.1, -0.05) is 147 Å². The van der Waals surface area contributed by atoms with E-state index in [1.54, 1.807) is 0 Å². The number of nitrogens with zero attached hydrogens (tertiary/aromatic N) is 3. The zero-order chi connectivity index (χ0) is 34.6. The molecule has 0 atom stereocenters. The van der Waals surface area contributed by atoms with E-state index in [0.29, 0.717) is 17.5 Å². The van der Waals surface area contributed by atoms with E-state index in [1.165, 1.54) is 43.8 Å². The number of aromatic nitrogens is 3. The molecule has 0 aliphatic heterocycles. The molecule has 10 aromatic rings. The largest absolute Gasteiger partial charge is 0.456 e. The highest BCUT2D eigenvalue weighted by atomic mass is 16.3. The summed E-state index contributed by atoms with van der Waals surface area (Å²) in [5.74, 6) is 1.88. The van der Waals surface area contributed by atoms with Crippen LogP contribution in [-0.4, -0.2) is 15.0 Å². The second kappa shape index (κ2) is 10.7. The predicted molar refractivity (Wildman–Crippen MR) is 213 cm³/mol. The van der Waals surface area contributed by atoms with Crippen molar-refractivity contribution in [2.24, 2.45) is 0 Å². The van der Waals surface area contributed by atoms with Gasteiger partial charge >= 0.3 is 0 Å². The molecule has 244 valence electrons. The number of hydrogen-bond donors (Lipinski definition) is 0. The Labute approximate surface area is 300 Å². The van der Waals surface area contributed by atoms with Crippen LogP contribution in [0.5, 0.6) is 0 Å². The number of rotatable bonds is 3. The van der Waals surface area contributed by atoms with Crippen LogP contribution in [0, 0.1) is 0 Å². The van der Waals surface area contributed by atoms with Crippen molar-refractivity contribution in [1.29, 1.82) is 0 Å². The summed E-state index contributed by atoms with van der Waals surface area (Å²) in [5.41, 5.74) is 9.75. The van der Waals surface area contributed by atoms with Crippen LogP contribution < -0.4 is 0 Å². The van der Waals surface area contributed by atoms with Crippen LogP contribution in [0.4, 0.5) is 0 Å². The van der Waals surface area contributed by atoms with Gasteiger partial charge in [-0.05, 0) is 72.8 Å². The molecule has 0 N–H and O–H groups in total. The molecule has 0 saturated carbocycles. The summed E-state index contributed by atoms with van der Waals surface area (Å²) in [7, 11) is 0. The molecule has 4 nitrogen and oxygen atoms in total. The van der Waals surface area contributed by atoms with E-state index < -0.39 is 0 Å². The summed E-state index contributed by atoms with van der Waals surface area (Å²) in [5, 5.41) is 9.33. The summed E-state index contributed by atoms with van der Waals surface area (Å²) >= 11 is 0. The molecular weight excluding hydrogens is 635 g/mol. The Hall–Kier alpha value is -6.65. The summed E-state index contributed by atoms with van der Waals surface area (Å²) in [6.45, 7) is 4.74. The molecule has 0 spiro atoms. The van der Waals surface area contributed by atoms with Gasteiger partial charge in [-0.15, -0.1) is 0 Å². The highest BCUT2D eigenvalue weighted by Gasteiger charge is 2.37. The van der Waals surface area contributed by atoms with E-state index in [2.05, 4.69) is 117 Å². The smallest absolute Gasteiger partial charge is 0.164 e. The molecule has 0 amide bonds. The maximum atomic E-state index is 6.28. The van der Waals surface area contributed by atoms with Gasteiger partial charge in [0.25, 0.3) is 0 Å². The van der Waals surface area contributed by atoms with E-state index in [9.17, 15) is 0 Å². The average Bonchev–Trinajstić information content (AvgIpc) is 3.69. The molecule has 2 aromatic heterocycles. The summed E-state index contributed by atoms with van der Waals surface area (Å²) in [6, 6.07) is 53.5. The van der Waals surface area contributed by atoms with Gasteiger partial charge in [-0.25, -0.2) is 15.0 Å². The SMILES string of the molecule is CC1(C)c2ccccc2-c2ccc3ccc4cc(-c5nc(-c6ccccc6)nc(-c6cccc7oc8ccccc8c67)n5)c5ccccc5c4c3c21. The summed E-state index contributed by atoms with van der Waals surface area (Å²) < 4.78 is 6.28. The zero-order valence-electron chi connectivity index (χ0n) is 28.7. The molecular formula is C48H31N3O. The molecule has 1 aliphatic rings. The average molecular weight is 666 g/mol. The lowest BCUT2D eigenvalue weighted by molar-refractivity contribution is 0.666. The Morgan fingerprint density at radius 3 is 1.92 bits per heavy atom. The third kappa shape index (κ3) is 4.06. The lowest BCUT2D eigenvalue weighted by atomic mass is 9.78. The molecule has 0 unspecified atom stereocenters. The van der Waals surface area contributed by atoms with Gasteiger partial charge in [-0.2, -0.15) is 0 Å². The molecule has 11 rings (SSSR count). The van der Waals surface area contributed by atoms with Crippen LogP contribution in [0.15, 0.2) is 156 Å². The van der Waals surface area contributed by atoms with Crippen molar-refractivity contribution in [2.45, 2.75) is 19.3 Å². The van der Waals surface area contributed by atoms with Crippen molar-refractivity contribution in [3.8, 4) is 45.3 Å². The Morgan fingerprint density at radius 2 is 1.06 bits per heavy atom. The first-order valence-electron chi connectivity index (χ1n) is 17.8. The fourth-order valence-corrected chi connectivity index (χ4v) is 8.76. The fraction of sp³-hybridized carbons (Fsp3) is 0.0625. The van der Waals surface area contributed by atoms with E-state index in [4.69, 9.17) is 19.4 Å². The second-order valence-electron chi connectivity index (χ2n) is 14.3. The summed E-state index contributed by atoms with van der Waals surface area (Å²) in [6.07, 6.45) is 0. The highest BCUT2D eigenvalue weighted by Crippen LogP contribution is 2.53. The van der Waals surface area contributed by atoms with Gasteiger partial charge < -0.3 is 4.42 Å². The minimum absolute atomic E-state index is 0.147. The van der Waals surface area contributed by atoms with E-state index >= 15 is 0 Å². The normalized spacial score (nSPS) is 13.3. The lowest BCUT2D eigenvalue weighted by Crippen LogP contribution is -2.15. The van der Waals surface area contributed by atoms with Crippen LogP contribution >= 0.6 is 0 Å².